The van der Waals surface area contributed by atoms with Crippen LogP contribution in [0.3, 0.4) is 0 Å². The summed E-state index contributed by atoms with van der Waals surface area (Å²) >= 11 is 0. The first kappa shape index (κ1) is 22.6. The van der Waals surface area contributed by atoms with Crippen LogP contribution in [0.4, 0.5) is 0 Å². The summed E-state index contributed by atoms with van der Waals surface area (Å²) < 4.78 is 5.66. The van der Waals surface area contributed by atoms with Crippen LogP contribution in [0.2, 0.25) is 0 Å². The molecule has 0 heterocycles. The SMILES string of the molecule is CNC1CCC(NCC2C=C(c3ccccc3)C=CC2(OC)C(N)=O)CC1.Cl. The number of ether oxygens (including phenoxy) is 1. The van der Waals surface area contributed by atoms with Crippen molar-refractivity contribution < 1.29 is 9.53 Å². The van der Waals surface area contributed by atoms with Crippen LogP contribution in [-0.4, -0.2) is 44.3 Å². The Hall–Kier alpha value is -1.66. The van der Waals surface area contributed by atoms with Crippen LogP contribution in [-0.2, 0) is 9.53 Å². The van der Waals surface area contributed by atoms with Gasteiger partial charge in [0.25, 0.3) is 5.91 Å². The molecule has 4 N–H and O–H groups in total. The molecule has 2 aliphatic rings. The fraction of sp³-hybridized carbons (Fsp3) is 0.500. The second-order valence-corrected chi connectivity index (χ2v) is 7.53. The maximum Gasteiger partial charge on any atom is 0.254 e. The number of hydrogen-bond donors (Lipinski definition) is 3. The number of primary amides is 1. The number of amides is 1. The van der Waals surface area contributed by atoms with Gasteiger partial charge in [0.2, 0.25) is 0 Å². The molecule has 1 aromatic carbocycles. The third-order valence-electron chi connectivity index (χ3n) is 6.03. The van der Waals surface area contributed by atoms with Gasteiger partial charge in [0.05, 0.1) is 0 Å². The summed E-state index contributed by atoms with van der Waals surface area (Å²) in [5.74, 6) is -0.600. The fourth-order valence-electron chi connectivity index (χ4n) is 4.23. The van der Waals surface area contributed by atoms with Crippen LogP contribution < -0.4 is 16.4 Å². The highest BCUT2D eigenvalue weighted by atomic mass is 35.5. The maximum absolute atomic E-state index is 12.3. The Morgan fingerprint density at radius 3 is 2.39 bits per heavy atom. The topological polar surface area (TPSA) is 76.4 Å². The molecule has 2 aliphatic carbocycles. The van der Waals surface area contributed by atoms with Crippen molar-refractivity contribution in [1.29, 1.82) is 0 Å². The highest BCUT2D eigenvalue weighted by Crippen LogP contribution is 2.34. The van der Waals surface area contributed by atoms with E-state index in [2.05, 4.69) is 28.8 Å². The van der Waals surface area contributed by atoms with Crippen molar-refractivity contribution in [3.8, 4) is 0 Å². The molecule has 154 valence electrons. The maximum atomic E-state index is 12.3. The molecule has 1 saturated carbocycles. The molecule has 5 nitrogen and oxygen atoms in total. The zero-order valence-electron chi connectivity index (χ0n) is 16.7. The zero-order valence-corrected chi connectivity index (χ0v) is 17.5. The molecule has 2 unspecified atom stereocenters. The van der Waals surface area contributed by atoms with Gasteiger partial charge in [-0.05, 0) is 49.9 Å². The summed E-state index contributed by atoms with van der Waals surface area (Å²) in [6.45, 7) is 0.659. The monoisotopic (exact) mass is 405 g/mol. The minimum atomic E-state index is -1.10. The van der Waals surface area contributed by atoms with Gasteiger partial charge in [0.1, 0.15) is 0 Å². The average molecular weight is 406 g/mol. The normalized spacial score (nSPS) is 29.6. The highest BCUT2D eigenvalue weighted by Gasteiger charge is 2.43. The molecule has 28 heavy (non-hydrogen) atoms. The molecule has 0 spiro atoms. The van der Waals surface area contributed by atoms with E-state index in [0.29, 0.717) is 18.6 Å². The molecule has 1 amide bonds. The van der Waals surface area contributed by atoms with E-state index in [0.717, 1.165) is 24.0 Å². The van der Waals surface area contributed by atoms with Gasteiger partial charge in [-0.1, -0.05) is 42.5 Å². The van der Waals surface area contributed by atoms with Crippen LogP contribution in [0.5, 0.6) is 0 Å². The van der Waals surface area contributed by atoms with Crippen molar-refractivity contribution in [2.24, 2.45) is 11.7 Å². The van der Waals surface area contributed by atoms with Gasteiger partial charge < -0.3 is 21.1 Å². The van der Waals surface area contributed by atoms with E-state index in [1.165, 1.54) is 12.8 Å². The van der Waals surface area contributed by atoms with Crippen LogP contribution >= 0.6 is 12.4 Å². The predicted molar refractivity (Wildman–Crippen MR) is 116 cm³/mol. The average Bonchev–Trinajstić information content (AvgIpc) is 2.72. The number of halogens is 1. The number of benzene rings is 1. The van der Waals surface area contributed by atoms with Crippen LogP contribution in [0.1, 0.15) is 31.2 Å². The summed E-state index contributed by atoms with van der Waals surface area (Å²) in [7, 11) is 3.59. The van der Waals surface area contributed by atoms with E-state index in [4.69, 9.17) is 10.5 Å². The molecule has 0 radical (unpaired) electrons. The Morgan fingerprint density at radius 2 is 1.82 bits per heavy atom. The number of carbonyl (C=O) groups is 1. The molecular weight excluding hydrogens is 374 g/mol. The van der Waals surface area contributed by atoms with Gasteiger partial charge in [-0.2, -0.15) is 0 Å². The number of allylic oxidation sites excluding steroid dienone is 2. The van der Waals surface area contributed by atoms with Gasteiger partial charge in [-0.3, -0.25) is 4.79 Å². The van der Waals surface area contributed by atoms with Crippen molar-refractivity contribution in [3.63, 3.8) is 0 Å². The Balaban J connectivity index is 0.00000280. The van der Waals surface area contributed by atoms with E-state index in [1.807, 2.05) is 37.4 Å². The lowest BCUT2D eigenvalue weighted by Crippen LogP contribution is -2.54. The third-order valence-corrected chi connectivity index (χ3v) is 6.03. The molecule has 0 aromatic heterocycles. The van der Waals surface area contributed by atoms with Gasteiger partial charge in [0.15, 0.2) is 5.60 Å². The molecule has 2 atom stereocenters. The van der Waals surface area contributed by atoms with Crippen molar-refractivity contribution in [1.82, 2.24) is 10.6 Å². The van der Waals surface area contributed by atoms with Gasteiger partial charge in [-0.25, -0.2) is 0 Å². The molecule has 0 bridgehead atoms. The quantitative estimate of drug-likeness (QED) is 0.651. The number of methoxy groups -OCH3 is 1. The minimum Gasteiger partial charge on any atom is -0.367 e. The minimum absolute atomic E-state index is 0. The predicted octanol–water partition coefficient (Wildman–Crippen LogP) is 2.67. The lowest BCUT2D eigenvalue weighted by Gasteiger charge is -2.37. The molecule has 1 fully saturated rings. The largest absolute Gasteiger partial charge is 0.367 e. The standard InChI is InChI=1S/C22H31N3O2.ClH/c1-24-19-8-10-20(11-9-19)25-15-18-14-17(16-6-4-3-5-7-16)12-13-22(18,27-2)21(23)26;/h3-7,12-14,18-20,24-25H,8-11,15H2,1-2H3,(H2,23,26);1H. The van der Waals surface area contributed by atoms with E-state index >= 15 is 0 Å². The van der Waals surface area contributed by atoms with Crippen LogP contribution in [0.25, 0.3) is 5.57 Å². The number of hydrogen-bond acceptors (Lipinski definition) is 4. The summed E-state index contributed by atoms with van der Waals surface area (Å²) in [5, 5.41) is 7.02. The van der Waals surface area contributed by atoms with E-state index < -0.39 is 11.5 Å². The molecule has 0 aliphatic heterocycles. The van der Waals surface area contributed by atoms with Crippen molar-refractivity contribution in [3.05, 3.63) is 54.1 Å². The highest BCUT2D eigenvalue weighted by molar-refractivity contribution is 5.90. The first-order chi connectivity index (χ1) is 13.1. The summed E-state index contributed by atoms with van der Waals surface area (Å²) in [5.41, 5.74) is 6.87. The van der Waals surface area contributed by atoms with E-state index in [9.17, 15) is 4.79 Å². The second kappa shape index (κ2) is 10.2. The fourth-order valence-corrected chi connectivity index (χ4v) is 4.23. The van der Waals surface area contributed by atoms with Crippen molar-refractivity contribution in [2.75, 3.05) is 20.7 Å². The van der Waals surface area contributed by atoms with Gasteiger partial charge in [-0.15, -0.1) is 12.4 Å². The number of rotatable bonds is 7. The Morgan fingerprint density at radius 1 is 1.18 bits per heavy atom. The van der Waals surface area contributed by atoms with Gasteiger partial charge >= 0.3 is 0 Å². The lowest BCUT2D eigenvalue weighted by atomic mass is 9.79. The van der Waals surface area contributed by atoms with E-state index in [1.54, 1.807) is 7.11 Å². The zero-order chi connectivity index (χ0) is 19.3. The smallest absolute Gasteiger partial charge is 0.254 e. The second-order valence-electron chi connectivity index (χ2n) is 7.53. The number of nitrogens with two attached hydrogens (primary N) is 1. The Labute approximate surface area is 174 Å². The summed E-state index contributed by atoms with van der Waals surface area (Å²) in [6, 6.07) is 11.3. The lowest BCUT2D eigenvalue weighted by molar-refractivity contribution is -0.138. The summed E-state index contributed by atoms with van der Waals surface area (Å²) in [4.78, 5) is 12.3. The van der Waals surface area contributed by atoms with Crippen molar-refractivity contribution >= 4 is 23.9 Å². The third kappa shape index (κ3) is 4.84. The van der Waals surface area contributed by atoms with Crippen molar-refractivity contribution in [2.45, 2.75) is 43.4 Å². The molecule has 6 heteroatoms. The first-order valence-corrected chi connectivity index (χ1v) is 9.81. The van der Waals surface area contributed by atoms with Gasteiger partial charge in [0, 0.05) is 31.7 Å². The summed E-state index contributed by atoms with van der Waals surface area (Å²) in [6.07, 6.45) is 10.5. The van der Waals surface area contributed by atoms with Crippen LogP contribution in [0.15, 0.2) is 48.6 Å². The Bertz CT molecular complexity index is 699. The first-order valence-electron chi connectivity index (χ1n) is 9.81. The van der Waals surface area contributed by atoms with Crippen LogP contribution in [0, 0.1) is 5.92 Å². The number of carbonyl (C=O) groups excluding carboxylic acids is 1. The molecular formula is C22H32ClN3O2. The number of nitrogens with one attached hydrogen (secondary N) is 2. The molecule has 1 aromatic rings. The Kier molecular flexibility index (Phi) is 8.25. The van der Waals surface area contributed by atoms with E-state index in [-0.39, 0.29) is 18.3 Å². The molecule has 3 rings (SSSR count). The molecule has 0 saturated heterocycles.